The van der Waals surface area contributed by atoms with Gasteiger partial charge in [-0.05, 0) is 42.0 Å². The van der Waals surface area contributed by atoms with Crippen LogP contribution in [0.3, 0.4) is 0 Å². The fourth-order valence-corrected chi connectivity index (χ4v) is 3.02. The van der Waals surface area contributed by atoms with E-state index < -0.39 is 0 Å². The van der Waals surface area contributed by atoms with Crippen LogP contribution in [0.15, 0.2) is 42.6 Å². The zero-order chi connectivity index (χ0) is 13.9. The third-order valence-electron chi connectivity index (χ3n) is 4.08. The molecule has 1 atom stereocenters. The topological polar surface area (TPSA) is 50.9 Å². The normalized spacial score (nSPS) is 16.7. The third-order valence-corrected chi connectivity index (χ3v) is 4.40. The van der Waals surface area contributed by atoms with Crippen molar-refractivity contribution in [3.05, 3.63) is 64.4 Å². The zero-order valence-electron chi connectivity index (χ0n) is 11.2. The highest BCUT2D eigenvalue weighted by Crippen LogP contribution is 2.40. The molecule has 0 amide bonds. The fraction of sp³-hybridized carbons (Fsp3) is 0.312. The minimum atomic E-state index is -0.166. The number of halogens is 1. The lowest BCUT2D eigenvalue weighted by Crippen LogP contribution is -2.31. The molecule has 0 aliphatic heterocycles. The van der Waals surface area contributed by atoms with Crippen molar-refractivity contribution in [2.75, 3.05) is 0 Å². The molecule has 0 spiro atoms. The van der Waals surface area contributed by atoms with E-state index in [4.69, 9.17) is 17.4 Å². The summed E-state index contributed by atoms with van der Waals surface area (Å²) in [5, 5.41) is 0.638. The van der Waals surface area contributed by atoms with Gasteiger partial charge in [-0.15, -0.1) is 0 Å². The van der Waals surface area contributed by atoms with Gasteiger partial charge >= 0.3 is 0 Å². The first kappa shape index (κ1) is 13.6. The van der Waals surface area contributed by atoms with Crippen LogP contribution in [-0.2, 0) is 0 Å². The van der Waals surface area contributed by atoms with Gasteiger partial charge in [-0.2, -0.15) is 0 Å². The standard InChI is InChI=1S/C16H18ClN3/c17-14-9-4-10-19-16(14)15(20-18)13-8-2-1-7-12(13)11-5-3-6-11/h1-2,4,7-11,15,20H,3,5-6,18H2. The summed E-state index contributed by atoms with van der Waals surface area (Å²) in [6.07, 6.45) is 5.57. The number of hydrogen-bond donors (Lipinski definition) is 2. The molecule has 2 aromatic rings. The summed E-state index contributed by atoms with van der Waals surface area (Å²) in [6.45, 7) is 0. The molecule has 0 radical (unpaired) electrons. The molecule has 3 nitrogen and oxygen atoms in total. The summed E-state index contributed by atoms with van der Waals surface area (Å²) < 4.78 is 0. The molecule has 1 unspecified atom stereocenters. The van der Waals surface area contributed by atoms with Crippen LogP contribution in [0, 0.1) is 0 Å². The molecule has 0 saturated heterocycles. The van der Waals surface area contributed by atoms with Crippen molar-refractivity contribution in [2.45, 2.75) is 31.2 Å². The molecule has 1 saturated carbocycles. The molecule has 1 heterocycles. The second-order valence-corrected chi connectivity index (χ2v) is 5.63. The molecule has 1 aromatic carbocycles. The van der Waals surface area contributed by atoms with Crippen molar-refractivity contribution in [3.63, 3.8) is 0 Å². The van der Waals surface area contributed by atoms with Crippen LogP contribution in [0.1, 0.15) is 48.0 Å². The number of pyridine rings is 1. The van der Waals surface area contributed by atoms with Gasteiger partial charge in [0.1, 0.15) is 0 Å². The Hall–Kier alpha value is -1.42. The van der Waals surface area contributed by atoms with E-state index in [0.29, 0.717) is 10.9 Å². The van der Waals surface area contributed by atoms with E-state index in [1.54, 1.807) is 6.20 Å². The third kappa shape index (κ3) is 2.44. The van der Waals surface area contributed by atoms with Gasteiger partial charge in [0.05, 0.1) is 16.8 Å². The average Bonchev–Trinajstić information content (AvgIpc) is 2.41. The molecule has 0 bridgehead atoms. The first-order valence-electron chi connectivity index (χ1n) is 6.96. The van der Waals surface area contributed by atoms with E-state index in [9.17, 15) is 0 Å². The highest BCUT2D eigenvalue weighted by Gasteiger charge is 2.26. The summed E-state index contributed by atoms with van der Waals surface area (Å²) >= 11 is 6.27. The molecule has 20 heavy (non-hydrogen) atoms. The Kier molecular flexibility index (Phi) is 4.01. The maximum Gasteiger partial charge on any atom is 0.0899 e. The van der Waals surface area contributed by atoms with E-state index in [2.05, 4.69) is 28.6 Å². The van der Waals surface area contributed by atoms with Gasteiger partial charge in [-0.25, -0.2) is 5.43 Å². The van der Waals surface area contributed by atoms with E-state index in [1.165, 1.54) is 30.4 Å². The Balaban J connectivity index is 2.03. The SMILES string of the molecule is NNC(c1ccccc1C1CCC1)c1ncccc1Cl. The summed E-state index contributed by atoms with van der Waals surface area (Å²) in [7, 11) is 0. The monoisotopic (exact) mass is 287 g/mol. The van der Waals surface area contributed by atoms with Crippen LogP contribution in [0.25, 0.3) is 0 Å². The Morgan fingerprint density at radius 3 is 2.65 bits per heavy atom. The van der Waals surface area contributed by atoms with Crippen molar-refractivity contribution in [1.29, 1.82) is 0 Å². The van der Waals surface area contributed by atoms with Crippen LogP contribution in [0.2, 0.25) is 5.02 Å². The quantitative estimate of drug-likeness (QED) is 0.668. The highest BCUT2D eigenvalue weighted by molar-refractivity contribution is 6.31. The van der Waals surface area contributed by atoms with E-state index in [1.807, 2.05) is 18.2 Å². The van der Waals surface area contributed by atoms with Gasteiger partial charge in [0.25, 0.3) is 0 Å². The second-order valence-electron chi connectivity index (χ2n) is 5.23. The number of rotatable bonds is 4. The molecule has 1 aliphatic carbocycles. The van der Waals surface area contributed by atoms with Crippen molar-refractivity contribution in [2.24, 2.45) is 5.84 Å². The van der Waals surface area contributed by atoms with E-state index in [0.717, 1.165) is 5.69 Å². The summed E-state index contributed by atoms with van der Waals surface area (Å²) in [5.41, 5.74) is 6.20. The predicted molar refractivity (Wildman–Crippen MR) is 81.4 cm³/mol. The minimum Gasteiger partial charge on any atom is -0.271 e. The summed E-state index contributed by atoms with van der Waals surface area (Å²) in [5.74, 6) is 6.43. The van der Waals surface area contributed by atoms with Crippen molar-refractivity contribution < 1.29 is 0 Å². The molecular weight excluding hydrogens is 270 g/mol. The number of hydrogen-bond acceptors (Lipinski definition) is 3. The molecule has 3 N–H and O–H groups in total. The Morgan fingerprint density at radius 1 is 1.20 bits per heavy atom. The van der Waals surface area contributed by atoms with E-state index in [-0.39, 0.29) is 6.04 Å². The molecule has 3 rings (SSSR count). The minimum absolute atomic E-state index is 0.166. The summed E-state index contributed by atoms with van der Waals surface area (Å²) in [6, 6.07) is 11.9. The zero-order valence-corrected chi connectivity index (χ0v) is 12.0. The van der Waals surface area contributed by atoms with Crippen LogP contribution in [0.5, 0.6) is 0 Å². The van der Waals surface area contributed by atoms with Gasteiger partial charge in [0, 0.05) is 6.20 Å². The van der Waals surface area contributed by atoms with Gasteiger partial charge in [-0.3, -0.25) is 10.8 Å². The number of nitrogens with one attached hydrogen (secondary N) is 1. The number of benzene rings is 1. The van der Waals surface area contributed by atoms with Gasteiger partial charge < -0.3 is 0 Å². The fourth-order valence-electron chi connectivity index (χ4n) is 2.79. The van der Waals surface area contributed by atoms with E-state index >= 15 is 0 Å². The maximum atomic E-state index is 6.27. The first-order chi connectivity index (χ1) is 9.81. The lowest BCUT2D eigenvalue weighted by atomic mass is 9.77. The summed E-state index contributed by atoms with van der Waals surface area (Å²) in [4.78, 5) is 4.40. The Labute approximate surface area is 124 Å². The molecule has 1 fully saturated rings. The molecule has 4 heteroatoms. The predicted octanol–water partition coefficient (Wildman–Crippen LogP) is 3.56. The van der Waals surface area contributed by atoms with Crippen LogP contribution >= 0.6 is 11.6 Å². The van der Waals surface area contributed by atoms with Gasteiger partial charge in [-0.1, -0.05) is 42.3 Å². The van der Waals surface area contributed by atoms with Gasteiger partial charge in [0.15, 0.2) is 0 Å². The van der Waals surface area contributed by atoms with Gasteiger partial charge in [0.2, 0.25) is 0 Å². The van der Waals surface area contributed by atoms with Crippen LogP contribution in [-0.4, -0.2) is 4.98 Å². The molecular formula is C16H18ClN3. The number of aromatic nitrogens is 1. The number of nitrogens with two attached hydrogens (primary N) is 1. The van der Waals surface area contributed by atoms with Crippen molar-refractivity contribution in [1.82, 2.24) is 10.4 Å². The van der Waals surface area contributed by atoms with Crippen LogP contribution < -0.4 is 11.3 Å². The Bertz CT molecular complexity index is 596. The molecule has 1 aliphatic rings. The smallest absolute Gasteiger partial charge is 0.0899 e. The number of hydrazine groups is 1. The molecule has 104 valence electrons. The Morgan fingerprint density at radius 2 is 2.00 bits per heavy atom. The first-order valence-corrected chi connectivity index (χ1v) is 7.34. The average molecular weight is 288 g/mol. The second kappa shape index (κ2) is 5.92. The largest absolute Gasteiger partial charge is 0.271 e. The lowest BCUT2D eigenvalue weighted by molar-refractivity contribution is 0.414. The highest BCUT2D eigenvalue weighted by atomic mass is 35.5. The lowest BCUT2D eigenvalue weighted by Gasteiger charge is -2.30. The van der Waals surface area contributed by atoms with Crippen LogP contribution in [0.4, 0.5) is 0 Å². The maximum absolute atomic E-state index is 6.27. The molecule has 1 aromatic heterocycles. The van der Waals surface area contributed by atoms with Crippen molar-refractivity contribution >= 4 is 11.6 Å². The number of nitrogens with zero attached hydrogens (tertiary/aromatic N) is 1. The van der Waals surface area contributed by atoms with Crippen molar-refractivity contribution in [3.8, 4) is 0 Å².